The van der Waals surface area contributed by atoms with E-state index in [4.69, 9.17) is 4.52 Å². The number of carbonyl (C=O) groups excluding carboxylic acids is 1. The van der Waals surface area contributed by atoms with Gasteiger partial charge < -0.3 is 9.84 Å². The summed E-state index contributed by atoms with van der Waals surface area (Å²) in [5.41, 5.74) is 0.757. The SMILES string of the molecule is Cc1noc(CSc2ccccc2C(=O)NC2C3CC4CC(C3)CC2C4)n1. The fraction of sp³-hybridized carbons (Fsp3) is 0.571. The average molecular weight is 384 g/mol. The third kappa shape index (κ3) is 3.40. The molecule has 27 heavy (non-hydrogen) atoms. The molecule has 4 aliphatic carbocycles. The summed E-state index contributed by atoms with van der Waals surface area (Å²) in [6.07, 6.45) is 6.67. The third-order valence-corrected chi connectivity index (χ3v) is 7.64. The van der Waals surface area contributed by atoms with E-state index in [0.717, 1.165) is 22.3 Å². The molecule has 1 heterocycles. The van der Waals surface area contributed by atoms with E-state index in [9.17, 15) is 4.79 Å². The first-order valence-corrected chi connectivity index (χ1v) is 11.0. The molecule has 4 saturated carbocycles. The van der Waals surface area contributed by atoms with Crippen molar-refractivity contribution in [2.45, 2.75) is 55.7 Å². The number of rotatable bonds is 5. The van der Waals surface area contributed by atoms with Gasteiger partial charge in [0.25, 0.3) is 5.91 Å². The number of thioether (sulfide) groups is 1. The molecule has 1 aromatic carbocycles. The van der Waals surface area contributed by atoms with Crippen molar-refractivity contribution in [1.82, 2.24) is 15.5 Å². The monoisotopic (exact) mass is 383 g/mol. The van der Waals surface area contributed by atoms with Crippen LogP contribution in [-0.4, -0.2) is 22.1 Å². The summed E-state index contributed by atoms with van der Waals surface area (Å²) in [5, 5.41) is 7.24. The largest absolute Gasteiger partial charge is 0.349 e. The van der Waals surface area contributed by atoms with Gasteiger partial charge in [-0.15, -0.1) is 11.8 Å². The molecule has 0 spiro atoms. The van der Waals surface area contributed by atoms with Crippen molar-refractivity contribution >= 4 is 17.7 Å². The van der Waals surface area contributed by atoms with Gasteiger partial charge in [-0.3, -0.25) is 4.79 Å². The molecule has 0 unspecified atom stereocenters. The number of aryl methyl sites for hydroxylation is 1. The Hall–Kier alpha value is -1.82. The summed E-state index contributed by atoms with van der Waals surface area (Å²) in [7, 11) is 0. The third-order valence-electron chi connectivity index (χ3n) is 6.58. The van der Waals surface area contributed by atoms with E-state index < -0.39 is 0 Å². The highest BCUT2D eigenvalue weighted by Crippen LogP contribution is 2.53. The van der Waals surface area contributed by atoms with Crippen molar-refractivity contribution in [1.29, 1.82) is 0 Å². The summed E-state index contributed by atoms with van der Waals surface area (Å²) < 4.78 is 5.19. The molecule has 4 fully saturated rings. The first-order chi connectivity index (χ1) is 13.2. The van der Waals surface area contributed by atoms with Gasteiger partial charge in [0.15, 0.2) is 5.82 Å². The molecule has 1 N–H and O–H groups in total. The highest BCUT2D eigenvalue weighted by atomic mass is 32.2. The van der Waals surface area contributed by atoms with Crippen LogP contribution >= 0.6 is 11.8 Å². The van der Waals surface area contributed by atoms with Gasteiger partial charge in [-0.25, -0.2) is 0 Å². The highest BCUT2D eigenvalue weighted by molar-refractivity contribution is 7.98. The molecule has 0 aliphatic heterocycles. The number of amides is 1. The zero-order valence-corrected chi connectivity index (χ0v) is 16.4. The maximum Gasteiger partial charge on any atom is 0.252 e. The van der Waals surface area contributed by atoms with Crippen LogP contribution in [0.4, 0.5) is 0 Å². The second-order valence-corrected chi connectivity index (χ2v) is 9.47. The second kappa shape index (κ2) is 6.97. The number of nitrogens with zero attached hydrogens (tertiary/aromatic N) is 2. The Labute approximate surface area is 163 Å². The molecule has 6 heteroatoms. The van der Waals surface area contributed by atoms with Crippen molar-refractivity contribution in [3.63, 3.8) is 0 Å². The lowest BCUT2D eigenvalue weighted by Crippen LogP contribution is -2.55. The number of hydrogen-bond donors (Lipinski definition) is 1. The normalized spacial score (nSPS) is 31.2. The average Bonchev–Trinajstić information content (AvgIpc) is 3.08. The van der Waals surface area contributed by atoms with Crippen LogP contribution in [0.1, 0.15) is 54.2 Å². The minimum absolute atomic E-state index is 0.0669. The van der Waals surface area contributed by atoms with Crippen LogP contribution in [0.15, 0.2) is 33.7 Å². The lowest BCUT2D eigenvalue weighted by Gasteiger charge is -2.54. The van der Waals surface area contributed by atoms with Crippen LogP contribution < -0.4 is 5.32 Å². The first kappa shape index (κ1) is 17.3. The number of carbonyl (C=O) groups is 1. The topological polar surface area (TPSA) is 68.0 Å². The molecule has 2 aromatic rings. The minimum atomic E-state index is 0.0669. The molecule has 0 saturated heterocycles. The Balaban J connectivity index is 1.29. The molecular weight excluding hydrogens is 358 g/mol. The van der Waals surface area contributed by atoms with Gasteiger partial charge in [-0.2, -0.15) is 4.98 Å². The smallest absolute Gasteiger partial charge is 0.252 e. The van der Waals surface area contributed by atoms with Gasteiger partial charge in [-0.1, -0.05) is 17.3 Å². The fourth-order valence-corrected chi connectivity index (χ4v) is 6.60. The zero-order valence-electron chi connectivity index (χ0n) is 15.6. The van der Waals surface area contributed by atoms with Gasteiger partial charge in [0.05, 0.1) is 11.3 Å². The Morgan fingerprint density at radius 1 is 1.15 bits per heavy atom. The predicted octanol–water partition coefficient (Wildman–Crippen LogP) is 4.22. The van der Waals surface area contributed by atoms with Gasteiger partial charge in [0, 0.05) is 10.9 Å². The molecule has 0 atom stereocenters. The van der Waals surface area contributed by atoms with E-state index in [-0.39, 0.29) is 5.91 Å². The summed E-state index contributed by atoms with van der Waals surface area (Å²) in [6.45, 7) is 1.81. The first-order valence-electron chi connectivity index (χ1n) is 9.97. The van der Waals surface area contributed by atoms with Crippen LogP contribution in [-0.2, 0) is 5.75 Å². The lowest BCUT2D eigenvalue weighted by atomic mass is 9.54. The van der Waals surface area contributed by atoms with Crippen molar-refractivity contribution in [2.24, 2.45) is 23.7 Å². The zero-order chi connectivity index (χ0) is 18.4. The second-order valence-electron chi connectivity index (χ2n) is 8.45. The Morgan fingerprint density at radius 3 is 2.52 bits per heavy atom. The summed E-state index contributed by atoms with van der Waals surface area (Å²) >= 11 is 1.58. The van der Waals surface area contributed by atoms with Crippen LogP contribution in [0.3, 0.4) is 0 Å². The number of hydrogen-bond acceptors (Lipinski definition) is 5. The predicted molar refractivity (Wildman–Crippen MR) is 103 cm³/mol. The maximum atomic E-state index is 13.1. The maximum absolute atomic E-state index is 13.1. The molecule has 1 amide bonds. The highest BCUT2D eigenvalue weighted by Gasteiger charge is 2.48. The van der Waals surface area contributed by atoms with Gasteiger partial charge >= 0.3 is 0 Å². The summed E-state index contributed by atoms with van der Waals surface area (Å²) in [6, 6.07) is 8.20. The van der Waals surface area contributed by atoms with E-state index in [1.165, 1.54) is 32.1 Å². The standard InChI is InChI=1S/C21H25N3O2S/c1-12-22-19(26-24-12)11-27-18-5-3-2-4-17(18)21(25)23-20-15-7-13-6-14(9-15)10-16(20)8-13/h2-5,13-16,20H,6-11H2,1H3,(H,23,25). The lowest BCUT2D eigenvalue weighted by molar-refractivity contribution is -0.0120. The van der Waals surface area contributed by atoms with E-state index in [0.29, 0.717) is 35.3 Å². The Kier molecular flexibility index (Phi) is 4.46. The van der Waals surface area contributed by atoms with Crippen molar-refractivity contribution in [3.05, 3.63) is 41.5 Å². The van der Waals surface area contributed by atoms with E-state index in [1.807, 2.05) is 31.2 Å². The number of benzene rings is 1. The molecule has 6 rings (SSSR count). The van der Waals surface area contributed by atoms with Gasteiger partial charge in [0.2, 0.25) is 5.89 Å². The molecular formula is C21H25N3O2S. The Bertz CT molecular complexity index is 821. The van der Waals surface area contributed by atoms with E-state index in [1.54, 1.807) is 11.8 Å². The van der Waals surface area contributed by atoms with E-state index in [2.05, 4.69) is 15.5 Å². The van der Waals surface area contributed by atoms with Crippen molar-refractivity contribution in [3.8, 4) is 0 Å². The van der Waals surface area contributed by atoms with Gasteiger partial charge in [0.1, 0.15) is 0 Å². The fourth-order valence-electron chi connectivity index (χ4n) is 5.71. The van der Waals surface area contributed by atoms with Gasteiger partial charge in [-0.05, 0) is 74.8 Å². The minimum Gasteiger partial charge on any atom is -0.349 e. The number of aromatic nitrogens is 2. The molecule has 5 nitrogen and oxygen atoms in total. The molecule has 142 valence electrons. The Morgan fingerprint density at radius 2 is 1.85 bits per heavy atom. The molecule has 4 aliphatic rings. The summed E-state index contributed by atoms with van der Waals surface area (Å²) in [4.78, 5) is 18.3. The van der Waals surface area contributed by atoms with Crippen molar-refractivity contribution < 1.29 is 9.32 Å². The number of nitrogens with one attached hydrogen (secondary N) is 1. The molecule has 4 bridgehead atoms. The van der Waals surface area contributed by atoms with Crippen LogP contribution in [0.5, 0.6) is 0 Å². The van der Waals surface area contributed by atoms with Crippen LogP contribution in [0.2, 0.25) is 0 Å². The van der Waals surface area contributed by atoms with Crippen LogP contribution in [0, 0.1) is 30.6 Å². The molecule has 0 radical (unpaired) electrons. The summed E-state index contributed by atoms with van der Waals surface area (Å²) in [5.74, 6) is 5.08. The van der Waals surface area contributed by atoms with Crippen LogP contribution in [0.25, 0.3) is 0 Å². The van der Waals surface area contributed by atoms with E-state index >= 15 is 0 Å². The van der Waals surface area contributed by atoms with Crippen molar-refractivity contribution in [2.75, 3.05) is 0 Å². The molecule has 1 aromatic heterocycles. The quantitative estimate of drug-likeness (QED) is 0.783.